The summed E-state index contributed by atoms with van der Waals surface area (Å²) in [6.07, 6.45) is -0.646. The molecule has 2 heterocycles. The Hall–Kier alpha value is -2.52. The number of rotatable bonds is 8. The summed E-state index contributed by atoms with van der Waals surface area (Å²) < 4.78 is 63.0. The second kappa shape index (κ2) is 7.56. The molecule has 2 aromatic heterocycles. The first-order chi connectivity index (χ1) is 14.5. The predicted molar refractivity (Wildman–Crippen MR) is 100 cm³/mol. The van der Waals surface area contributed by atoms with Crippen molar-refractivity contribution in [3.8, 4) is 5.75 Å². The molecule has 1 unspecified atom stereocenters. The molecule has 2 aromatic rings. The van der Waals surface area contributed by atoms with E-state index in [1.807, 2.05) is 6.92 Å². The zero-order chi connectivity index (χ0) is 22.4. The number of aromatic nitrogens is 3. The Labute approximate surface area is 176 Å². The van der Waals surface area contributed by atoms with Gasteiger partial charge in [-0.2, -0.15) is 18.2 Å². The molecule has 168 valence electrons. The molecular formula is C21H23F4N3O3. The predicted octanol–water partition coefficient (Wildman–Crippen LogP) is 5.00. The van der Waals surface area contributed by atoms with Crippen molar-refractivity contribution in [2.24, 2.45) is 5.92 Å². The maximum Gasteiger partial charge on any atom is 0.422 e. The Morgan fingerprint density at radius 3 is 2.55 bits per heavy atom. The molecule has 6 nitrogen and oxygen atoms in total. The number of pyridine rings is 1. The van der Waals surface area contributed by atoms with E-state index in [-0.39, 0.29) is 42.2 Å². The third-order valence-electron chi connectivity index (χ3n) is 6.22. The molecule has 0 radical (unpaired) electrons. The van der Waals surface area contributed by atoms with E-state index in [4.69, 9.17) is 9.26 Å². The fourth-order valence-corrected chi connectivity index (χ4v) is 4.04. The number of nitrogens with zero attached hydrogens (tertiary/aromatic N) is 3. The molecule has 0 aliphatic heterocycles. The zero-order valence-corrected chi connectivity index (χ0v) is 17.3. The molecule has 0 bridgehead atoms. The lowest BCUT2D eigenvalue weighted by atomic mass is 9.76. The highest BCUT2D eigenvalue weighted by Crippen LogP contribution is 2.50. The number of aryl methyl sites for hydroxylation is 1. The lowest BCUT2D eigenvalue weighted by Crippen LogP contribution is -2.32. The van der Waals surface area contributed by atoms with Crippen molar-refractivity contribution in [2.45, 2.75) is 69.6 Å². The second-order valence-electron chi connectivity index (χ2n) is 8.72. The van der Waals surface area contributed by atoms with E-state index in [0.717, 1.165) is 25.1 Å². The van der Waals surface area contributed by atoms with Crippen molar-refractivity contribution in [2.75, 3.05) is 6.61 Å². The Balaban J connectivity index is 1.61. The molecule has 0 spiro atoms. The van der Waals surface area contributed by atoms with Crippen molar-refractivity contribution < 1.29 is 31.6 Å². The molecule has 10 heteroatoms. The highest BCUT2D eigenvalue weighted by Gasteiger charge is 2.48. The molecular weight excluding hydrogens is 418 g/mol. The van der Waals surface area contributed by atoms with Crippen molar-refractivity contribution in [3.05, 3.63) is 35.2 Å². The van der Waals surface area contributed by atoms with Crippen LogP contribution in [0.4, 0.5) is 17.6 Å². The Morgan fingerprint density at radius 1 is 1.32 bits per heavy atom. The summed E-state index contributed by atoms with van der Waals surface area (Å²) in [5.41, 5.74) is -2.58. The standard InChI is InChI=1S/C21H23F4N3O3/c1-12-27-18(28-31-12)19(2,13-4-5-13)9-16(29)15-8-17(30-11-21(23,24)25)14(10-26-15)20(22)6-3-7-20/h8,10,13H,3-7,9,11H2,1-2H3. The minimum Gasteiger partial charge on any atom is -0.484 e. The molecule has 4 rings (SSSR count). The van der Waals surface area contributed by atoms with E-state index >= 15 is 0 Å². The molecule has 2 aliphatic rings. The summed E-state index contributed by atoms with van der Waals surface area (Å²) in [6, 6.07) is 1.12. The van der Waals surface area contributed by atoms with Gasteiger partial charge in [0.1, 0.15) is 17.1 Å². The van der Waals surface area contributed by atoms with Crippen LogP contribution in [0.2, 0.25) is 0 Å². The van der Waals surface area contributed by atoms with E-state index in [2.05, 4.69) is 15.1 Å². The molecule has 2 saturated carbocycles. The molecule has 0 amide bonds. The summed E-state index contributed by atoms with van der Waals surface area (Å²) in [4.78, 5) is 21.4. The normalized spacial score (nSPS) is 20.1. The smallest absolute Gasteiger partial charge is 0.422 e. The van der Waals surface area contributed by atoms with Gasteiger partial charge in [0.25, 0.3) is 0 Å². The molecule has 0 saturated heterocycles. The average Bonchev–Trinajstić information content (AvgIpc) is 3.45. The van der Waals surface area contributed by atoms with E-state index in [9.17, 15) is 22.4 Å². The van der Waals surface area contributed by atoms with Gasteiger partial charge in [-0.15, -0.1) is 0 Å². The molecule has 2 aliphatic carbocycles. The van der Waals surface area contributed by atoms with Crippen LogP contribution in [0.25, 0.3) is 0 Å². The Morgan fingerprint density at radius 2 is 2.03 bits per heavy atom. The van der Waals surface area contributed by atoms with E-state index in [1.165, 1.54) is 0 Å². The Kier molecular flexibility index (Phi) is 5.29. The van der Waals surface area contributed by atoms with Crippen molar-refractivity contribution >= 4 is 5.78 Å². The van der Waals surface area contributed by atoms with E-state index < -0.39 is 29.7 Å². The van der Waals surface area contributed by atoms with Crippen LogP contribution < -0.4 is 4.74 Å². The maximum absolute atomic E-state index is 14.9. The van der Waals surface area contributed by atoms with Gasteiger partial charge < -0.3 is 9.26 Å². The monoisotopic (exact) mass is 441 g/mol. The lowest BCUT2D eigenvalue weighted by Gasteiger charge is -2.35. The summed E-state index contributed by atoms with van der Waals surface area (Å²) in [5, 5.41) is 3.98. The average molecular weight is 441 g/mol. The van der Waals surface area contributed by atoms with Crippen LogP contribution in [-0.4, -0.2) is 33.7 Å². The van der Waals surface area contributed by atoms with Gasteiger partial charge in [0.05, 0.1) is 0 Å². The number of Topliss-reactive ketones (excluding diaryl/α,β-unsaturated/α-hetero) is 1. The minimum absolute atomic E-state index is 0.00245. The number of alkyl halides is 4. The van der Waals surface area contributed by atoms with Crippen LogP contribution in [0.5, 0.6) is 5.75 Å². The first-order valence-electron chi connectivity index (χ1n) is 10.2. The third kappa shape index (κ3) is 4.43. The highest BCUT2D eigenvalue weighted by molar-refractivity contribution is 5.95. The number of ether oxygens (including phenoxy) is 1. The topological polar surface area (TPSA) is 78.1 Å². The van der Waals surface area contributed by atoms with Gasteiger partial charge >= 0.3 is 6.18 Å². The van der Waals surface area contributed by atoms with Crippen LogP contribution in [0.15, 0.2) is 16.8 Å². The highest BCUT2D eigenvalue weighted by atomic mass is 19.4. The van der Waals surface area contributed by atoms with Crippen LogP contribution in [0.3, 0.4) is 0 Å². The molecule has 0 N–H and O–H groups in total. The van der Waals surface area contributed by atoms with Crippen molar-refractivity contribution in [1.29, 1.82) is 0 Å². The van der Waals surface area contributed by atoms with Gasteiger partial charge in [0.15, 0.2) is 18.2 Å². The SMILES string of the molecule is Cc1nc(C(C)(CC(=O)c2cc(OCC(F)(F)F)c(C3(F)CCC3)cn2)C2CC2)no1. The van der Waals surface area contributed by atoms with Gasteiger partial charge in [0.2, 0.25) is 5.89 Å². The number of carbonyl (C=O) groups excluding carboxylic acids is 1. The van der Waals surface area contributed by atoms with Crippen molar-refractivity contribution in [3.63, 3.8) is 0 Å². The van der Waals surface area contributed by atoms with Gasteiger partial charge in [-0.1, -0.05) is 12.1 Å². The van der Waals surface area contributed by atoms with Crippen LogP contribution >= 0.6 is 0 Å². The van der Waals surface area contributed by atoms with E-state index in [1.54, 1.807) is 6.92 Å². The van der Waals surface area contributed by atoms with Gasteiger partial charge in [0, 0.05) is 36.6 Å². The summed E-state index contributed by atoms with van der Waals surface area (Å²) >= 11 is 0. The van der Waals surface area contributed by atoms with Gasteiger partial charge in [-0.3, -0.25) is 9.78 Å². The summed E-state index contributed by atoms with van der Waals surface area (Å²) in [7, 11) is 0. The van der Waals surface area contributed by atoms with Crippen LogP contribution in [-0.2, 0) is 11.1 Å². The van der Waals surface area contributed by atoms with Gasteiger partial charge in [-0.05, 0) is 38.0 Å². The summed E-state index contributed by atoms with van der Waals surface area (Å²) in [5.74, 6) is 0.303. The minimum atomic E-state index is -4.59. The molecule has 1 atom stereocenters. The van der Waals surface area contributed by atoms with Crippen LogP contribution in [0, 0.1) is 12.8 Å². The Bertz CT molecular complexity index is 982. The molecule has 2 fully saturated rings. The van der Waals surface area contributed by atoms with Gasteiger partial charge in [-0.25, -0.2) is 4.39 Å². The van der Waals surface area contributed by atoms with Crippen LogP contribution in [0.1, 0.15) is 73.2 Å². The fraction of sp³-hybridized carbons (Fsp3) is 0.619. The lowest BCUT2D eigenvalue weighted by molar-refractivity contribution is -0.154. The third-order valence-corrected chi connectivity index (χ3v) is 6.22. The fourth-order valence-electron chi connectivity index (χ4n) is 4.04. The number of hydrogen-bond acceptors (Lipinski definition) is 6. The maximum atomic E-state index is 14.9. The molecule has 0 aromatic carbocycles. The van der Waals surface area contributed by atoms with E-state index in [0.29, 0.717) is 18.1 Å². The van der Waals surface area contributed by atoms with Crippen molar-refractivity contribution in [1.82, 2.24) is 15.1 Å². The number of ketones is 1. The number of carbonyl (C=O) groups is 1. The molecule has 31 heavy (non-hydrogen) atoms. The number of halogens is 4. The zero-order valence-electron chi connectivity index (χ0n) is 17.3. The largest absolute Gasteiger partial charge is 0.484 e. The number of hydrogen-bond donors (Lipinski definition) is 0. The summed E-state index contributed by atoms with van der Waals surface area (Å²) in [6.45, 7) is 1.95. The first-order valence-corrected chi connectivity index (χ1v) is 10.2. The quantitative estimate of drug-likeness (QED) is 0.424. The second-order valence-corrected chi connectivity index (χ2v) is 8.72. The first kappa shape index (κ1) is 21.7.